The molecule has 3 heteroatoms. The lowest BCUT2D eigenvalue weighted by Gasteiger charge is -2.15. The molecule has 86 valence electrons. The monoisotopic (exact) mass is 316 g/mol. The molecular weight excluding hydrogens is 304 g/mol. The van der Waals surface area contributed by atoms with Gasteiger partial charge in [-0.1, -0.05) is 32.4 Å². The Kier molecular flexibility index (Phi) is 3.93. The average molecular weight is 318 g/mol. The lowest BCUT2D eigenvalue weighted by molar-refractivity contribution is 0.545. The Labute approximate surface area is 114 Å². The number of fused-ring (bicyclic) bond motifs is 1. The highest BCUT2D eigenvalue weighted by Gasteiger charge is 2.19. The van der Waals surface area contributed by atoms with Crippen molar-refractivity contribution in [2.24, 2.45) is 5.92 Å². The molecule has 2 rings (SSSR count). The van der Waals surface area contributed by atoms with Crippen LogP contribution in [0.4, 0.5) is 0 Å². The van der Waals surface area contributed by atoms with Gasteiger partial charge in [0.15, 0.2) is 0 Å². The fourth-order valence-corrected chi connectivity index (χ4v) is 3.86. The van der Waals surface area contributed by atoms with Gasteiger partial charge in [0.05, 0.1) is 5.38 Å². The minimum absolute atomic E-state index is 0.119. The van der Waals surface area contributed by atoms with E-state index in [1.165, 1.54) is 15.6 Å². The van der Waals surface area contributed by atoms with Gasteiger partial charge >= 0.3 is 0 Å². The Morgan fingerprint density at radius 1 is 1.44 bits per heavy atom. The summed E-state index contributed by atoms with van der Waals surface area (Å²) in [6, 6.07) is 6.31. The van der Waals surface area contributed by atoms with Crippen LogP contribution in [0.3, 0.4) is 0 Å². The van der Waals surface area contributed by atoms with Crippen molar-refractivity contribution in [3.8, 4) is 0 Å². The van der Waals surface area contributed by atoms with Crippen LogP contribution in [0, 0.1) is 5.92 Å². The van der Waals surface area contributed by atoms with Crippen LogP contribution < -0.4 is 0 Å². The van der Waals surface area contributed by atoms with E-state index in [0.29, 0.717) is 5.92 Å². The maximum atomic E-state index is 6.52. The predicted molar refractivity (Wildman–Crippen MR) is 77.6 cm³/mol. The summed E-state index contributed by atoms with van der Waals surface area (Å²) in [5, 5.41) is 3.60. The van der Waals surface area contributed by atoms with E-state index >= 15 is 0 Å². The molecule has 0 fully saturated rings. The number of rotatable bonds is 3. The van der Waals surface area contributed by atoms with E-state index < -0.39 is 0 Å². The molecule has 1 aromatic heterocycles. The molecule has 0 saturated heterocycles. The average Bonchev–Trinajstić information content (AvgIpc) is 2.72. The summed E-state index contributed by atoms with van der Waals surface area (Å²) >= 11 is 11.9. The lowest BCUT2D eigenvalue weighted by atomic mass is 9.98. The number of thiophene rings is 1. The zero-order valence-corrected chi connectivity index (χ0v) is 12.5. The van der Waals surface area contributed by atoms with Crippen LogP contribution in [-0.2, 0) is 0 Å². The van der Waals surface area contributed by atoms with E-state index in [0.717, 1.165) is 10.9 Å². The van der Waals surface area contributed by atoms with E-state index in [2.05, 4.69) is 53.4 Å². The van der Waals surface area contributed by atoms with Gasteiger partial charge in [0.2, 0.25) is 0 Å². The van der Waals surface area contributed by atoms with Crippen molar-refractivity contribution in [2.45, 2.75) is 25.6 Å². The van der Waals surface area contributed by atoms with Gasteiger partial charge in [-0.3, -0.25) is 0 Å². The van der Waals surface area contributed by atoms with Gasteiger partial charge in [-0.25, -0.2) is 0 Å². The molecule has 1 heterocycles. The van der Waals surface area contributed by atoms with Crippen LogP contribution in [0.25, 0.3) is 10.1 Å². The summed E-state index contributed by atoms with van der Waals surface area (Å²) in [7, 11) is 0. The summed E-state index contributed by atoms with van der Waals surface area (Å²) in [4.78, 5) is 0. The lowest BCUT2D eigenvalue weighted by Crippen LogP contribution is -2.01. The first-order chi connectivity index (χ1) is 7.65. The van der Waals surface area contributed by atoms with E-state index in [9.17, 15) is 0 Å². The molecule has 2 unspecified atom stereocenters. The summed E-state index contributed by atoms with van der Waals surface area (Å²) < 4.78 is 2.46. The van der Waals surface area contributed by atoms with Crippen molar-refractivity contribution in [1.29, 1.82) is 0 Å². The molecule has 0 radical (unpaired) electrons. The molecule has 0 aliphatic heterocycles. The molecule has 0 nitrogen and oxygen atoms in total. The highest BCUT2D eigenvalue weighted by atomic mass is 79.9. The molecule has 0 aliphatic carbocycles. The minimum Gasteiger partial charge on any atom is -0.142 e. The number of benzene rings is 1. The van der Waals surface area contributed by atoms with Crippen molar-refractivity contribution in [3.63, 3.8) is 0 Å². The van der Waals surface area contributed by atoms with Gasteiger partial charge in [-0.15, -0.1) is 22.9 Å². The maximum Gasteiger partial charge on any atom is 0.0624 e. The highest BCUT2D eigenvalue weighted by molar-refractivity contribution is 9.10. The van der Waals surface area contributed by atoms with Gasteiger partial charge < -0.3 is 0 Å². The fourth-order valence-electron chi connectivity index (χ4n) is 1.77. The van der Waals surface area contributed by atoms with E-state index in [4.69, 9.17) is 11.6 Å². The Bertz CT molecular complexity index is 492. The molecule has 0 bridgehead atoms. The first kappa shape index (κ1) is 12.4. The smallest absolute Gasteiger partial charge is 0.0624 e. The largest absolute Gasteiger partial charge is 0.142 e. The van der Waals surface area contributed by atoms with Crippen LogP contribution in [0.15, 0.2) is 28.1 Å². The zero-order valence-electron chi connectivity index (χ0n) is 9.34. The third-order valence-electron chi connectivity index (χ3n) is 3.02. The van der Waals surface area contributed by atoms with Crippen molar-refractivity contribution in [1.82, 2.24) is 0 Å². The molecule has 2 aromatic rings. The standard InChI is InChI=1S/C13H14BrClS/c1-3-8(2)12(15)10-7-16-13-9(10)5-4-6-11(13)14/h4-8,12H,3H2,1-2H3. The van der Waals surface area contributed by atoms with Crippen LogP contribution in [0.2, 0.25) is 0 Å². The molecule has 0 amide bonds. The number of alkyl halides is 1. The SMILES string of the molecule is CCC(C)C(Cl)c1csc2c(Br)cccc12. The summed E-state index contributed by atoms with van der Waals surface area (Å²) in [6.45, 7) is 4.39. The minimum atomic E-state index is 0.119. The van der Waals surface area contributed by atoms with Crippen molar-refractivity contribution in [3.05, 3.63) is 33.6 Å². The summed E-state index contributed by atoms with van der Waals surface area (Å²) in [6.07, 6.45) is 1.11. The molecule has 2 atom stereocenters. The third kappa shape index (κ3) is 2.15. The third-order valence-corrected chi connectivity index (χ3v) is 5.66. The van der Waals surface area contributed by atoms with Gasteiger partial charge in [0.25, 0.3) is 0 Å². The van der Waals surface area contributed by atoms with Crippen LogP contribution in [0.5, 0.6) is 0 Å². The van der Waals surface area contributed by atoms with Gasteiger partial charge in [-0.2, -0.15) is 0 Å². The number of hydrogen-bond acceptors (Lipinski definition) is 1. The Morgan fingerprint density at radius 2 is 2.19 bits per heavy atom. The van der Waals surface area contributed by atoms with Crippen molar-refractivity contribution >= 4 is 49.0 Å². The highest BCUT2D eigenvalue weighted by Crippen LogP contribution is 2.40. The quantitative estimate of drug-likeness (QED) is 0.610. The zero-order chi connectivity index (χ0) is 11.7. The maximum absolute atomic E-state index is 6.52. The fraction of sp³-hybridized carbons (Fsp3) is 0.385. The number of halogens is 2. The molecule has 0 spiro atoms. The van der Waals surface area contributed by atoms with Crippen LogP contribution in [0.1, 0.15) is 31.2 Å². The molecule has 1 aromatic carbocycles. The normalized spacial score (nSPS) is 15.2. The van der Waals surface area contributed by atoms with E-state index in [-0.39, 0.29) is 5.38 Å². The van der Waals surface area contributed by atoms with Crippen LogP contribution >= 0.6 is 38.9 Å². The molecule has 0 N–H and O–H groups in total. The predicted octanol–water partition coefficient (Wildman–Crippen LogP) is 5.99. The van der Waals surface area contributed by atoms with E-state index in [1.54, 1.807) is 11.3 Å². The Balaban J connectivity index is 2.50. The summed E-state index contributed by atoms with van der Waals surface area (Å²) in [5.74, 6) is 0.512. The van der Waals surface area contributed by atoms with E-state index in [1.807, 2.05) is 0 Å². The summed E-state index contributed by atoms with van der Waals surface area (Å²) in [5.41, 5.74) is 1.28. The van der Waals surface area contributed by atoms with Crippen LogP contribution in [-0.4, -0.2) is 0 Å². The Hall–Kier alpha value is -0.0500. The molecule has 16 heavy (non-hydrogen) atoms. The van der Waals surface area contributed by atoms with Gasteiger partial charge in [0, 0.05) is 9.17 Å². The van der Waals surface area contributed by atoms with Gasteiger partial charge in [-0.05, 0) is 44.2 Å². The molecule has 0 saturated carbocycles. The topological polar surface area (TPSA) is 0 Å². The van der Waals surface area contributed by atoms with Gasteiger partial charge in [0.1, 0.15) is 0 Å². The molecular formula is C13H14BrClS. The first-order valence-corrected chi connectivity index (χ1v) is 7.55. The second-order valence-corrected chi connectivity index (χ2v) is 6.30. The van der Waals surface area contributed by atoms with Crippen molar-refractivity contribution < 1.29 is 0 Å². The number of hydrogen-bond donors (Lipinski definition) is 0. The second-order valence-electron chi connectivity index (χ2n) is 4.09. The first-order valence-electron chi connectivity index (χ1n) is 5.44. The van der Waals surface area contributed by atoms with Crippen molar-refractivity contribution in [2.75, 3.05) is 0 Å². The molecule has 0 aliphatic rings. The Morgan fingerprint density at radius 3 is 2.88 bits per heavy atom. The second kappa shape index (κ2) is 5.07.